The number of fused-ring (bicyclic) bond motifs is 2. The van der Waals surface area contributed by atoms with Crippen LogP contribution >= 0.6 is 23.5 Å². The van der Waals surface area contributed by atoms with E-state index in [2.05, 4.69) is 34.4 Å². The minimum atomic E-state index is -5.30. The van der Waals surface area contributed by atoms with Crippen LogP contribution in [-0.4, -0.2) is 124 Å². The zero-order valence-electron chi connectivity index (χ0n) is 24.2. The van der Waals surface area contributed by atoms with E-state index in [9.17, 15) is 38.6 Å². The molecule has 2 aliphatic rings. The number of phosphoric ester groups is 3. The van der Waals surface area contributed by atoms with Crippen LogP contribution in [-0.2, 0) is 41.3 Å². The quantitative estimate of drug-likeness (QED) is 0.0671. The second-order valence-corrected chi connectivity index (χ2v) is 14.3. The molecular formula is C20H27N10O16P3. The molecule has 2 saturated heterocycles. The third-order valence-electron chi connectivity index (χ3n) is 7.27. The molecule has 4 aromatic heterocycles. The Kier molecular flexibility index (Phi) is 9.62. The van der Waals surface area contributed by atoms with E-state index in [-0.39, 0.29) is 34.0 Å². The van der Waals surface area contributed by atoms with Gasteiger partial charge in [-0.25, -0.2) is 43.6 Å². The maximum absolute atomic E-state index is 13.2. The van der Waals surface area contributed by atoms with Crippen molar-refractivity contribution < 1.29 is 75.9 Å². The number of hydrogen-bond donors (Lipinski definition) is 9. The van der Waals surface area contributed by atoms with Crippen molar-refractivity contribution in [3.8, 4) is 0 Å². The van der Waals surface area contributed by atoms with Gasteiger partial charge in [-0.15, -0.1) is 0 Å². The minimum Gasteiger partial charge on any atom is -0.387 e. The van der Waals surface area contributed by atoms with Crippen molar-refractivity contribution in [1.29, 1.82) is 0 Å². The van der Waals surface area contributed by atoms with Crippen molar-refractivity contribution in [1.82, 2.24) is 39.0 Å². The second kappa shape index (κ2) is 13.2. The number of aliphatic hydroxyl groups excluding tert-OH is 2. The van der Waals surface area contributed by atoms with Gasteiger partial charge in [-0.2, -0.15) is 0 Å². The van der Waals surface area contributed by atoms with Gasteiger partial charge >= 0.3 is 23.5 Å². The van der Waals surface area contributed by atoms with E-state index in [1.54, 1.807) is 0 Å². The first-order chi connectivity index (χ1) is 22.9. The molecule has 1 unspecified atom stereocenters. The lowest BCUT2D eigenvalue weighted by Crippen LogP contribution is -2.36. The molecule has 0 aromatic carbocycles. The normalized spacial score (nSPS) is 29.2. The molecule has 26 nitrogen and oxygen atoms in total. The van der Waals surface area contributed by atoms with Crippen LogP contribution in [0.15, 0.2) is 25.3 Å². The molecule has 6 heterocycles. The van der Waals surface area contributed by atoms with Crippen LogP contribution < -0.4 is 11.5 Å². The van der Waals surface area contributed by atoms with Crippen molar-refractivity contribution in [2.24, 2.45) is 0 Å². The molecule has 49 heavy (non-hydrogen) atoms. The summed E-state index contributed by atoms with van der Waals surface area (Å²) in [4.78, 5) is 71.7. The minimum absolute atomic E-state index is 0.0206. The van der Waals surface area contributed by atoms with Gasteiger partial charge in [0.2, 0.25) is 0 Å². The largest absolute Gasteiger partial charge is 0.472 e. The Morgan fingerprint density at radius 1 is 0.673 bits per heavy atom. The highest BCUT2D eigenvalue weighted by atomic mass is 31.2. The molecule has 11 N–H and O–H groups in total. The monoisotopic (exact) mass is 756 g/mol. The lowest BCUT2D eigenvalue weighted by Gasteiger charge is -2.25. The molecule has 4 aromatic rings. The third kappa shape index (κ3) is 7.50. The maximum Gasteiger partial charge on any atom is 0.472 e. The summed E-state index contributed by atoms with van der Waals surface area (Å²) in [6.45, 7) is -1.86. The Labute approximate surface area is 271 Å². The van der Waals surface area contributed by atoms with Crippen LogP contribution in [0.4, 0.5) is 11.6 Å². The van der Waals surface area contributed by atoms with E-state index in [0.717, 1.165) is 34.4 Å². The van der Waals surface area contributed by atoms with Crippen LogP contribution in [0.1, 0.15) is 12.5 Å². The number of rotatable bonds is 12. The van der Waals surface area contributed by atoms with E-state index in [1.807, 2.05) is 0 Å². The summed E-state index contributed by atoms with van der Waals surface area (Å²) in [7, 11) is -15.6. The Bertz CT molecular complexity index is 1990. The van der Waals surface area contributed by atoms with Crippen LogP contribution in [0.2, 0.25) is 0 Å². The number of nitrogens with zero attached hydrogens (tertiary/aromatic N) is 8. The smallest absolute Gasteiger partial charge is 0.387 e. The van der Waals surface area contributed by atoms with E-state index in [0.29, 0.717) is 0 Å². The predicted molar refractivity (Wildman–Crippen MR) is 155 cm³/mol. The number of imidazole rings is 2. The molecule has 0 aliphatic carbocycles. The number of aromatic nitrogens is 8. The highest BCUT2D eigenvalue weighted by molar-refractivity contribution is 7.47. The van der Waals surface area contributed by atoms with Crippen molar-refractivity contribution in [2.75, 3.05) is 24.7 Å². The zero-order valence-corrected chi connectivity index (χ0v) is 26.9. The van der Waals surface area contributed by atoms with Crippen LogP contribution in [0.25, 0.3) is 22.3 Å². The van der Waals surface area contributed by atoms with Gasteiger partial charge in [0.15, 0.2) is 35.4 Å². The average molecular weight is 756 g/mol. The van der Waals surface area contributed by atoms with Crippen molar-refractivity contribution in [2.45, 2.75) is 49.1 Å². The summed E-state index contributed by atoms with van der Waals surface area (Å²) in [6, 6.07) is 0. The second-order valence-electron chi connectivity index (χ2n) is 10.5. The first-order valence-corrected chi connectivity index (χ1v) is 18.1. The fourth-order valence-electron chi connectivity index (χ4n) is 5.18. The lowest BCUT2D eigenvalue weighted by atomic mass is 10.1. The Morgan fingerprint density at radius 3 is 1.57 bits per heavy atom. The van der Waals surface area contributed by atoms with E-state index < -0.39 is 85.8 Å². The first kappa shape index (κ1) is 35.7. The van der Waals surface area contributed by atoms with Crippen LogP contribution in [0, 0.1) is 0 Å². The van der Waals surface area contributed by atoms with Crippen LogP contribution in [0.3, 0.4) is 0 Å². The molecule has 2 fully saturated rings. The predicted octanol–water partition coefficient (Wildman–Crippen LogP) is -2.56. The molecule has 0 bridgehead atoms. The standard InChI is InChI=1S/C20H27N10O16P3/c21-15-9-17(25-3-23-15)29(5-27-9)19-13(45-48(36,37)38)11(31)8(44-19)2-42-49(39,40)46-14-12(32)7(1-41-47(33,34)35)43-20(14)30-6-28-10-16(22)24-4-26-18(10)30/h3-8,11-14,19-20,31-32H,1-2H2,(H,39,40)(H2,21,23,25)(H2,22,24,26)(H2,33,34,35)(H2,36,37,38)/t7-,8-,11-,12-,13-,14-,19-,20-/m1/s1. The highest BCUT2D eigenvalue weighted by Crippen LogP contribution is 2.51. The molecular weight excluding hydrogens is 729 g/mol. The topological polar surface area (TPSA) is 387 Å². The van der Waals surface area contributed by atoms with Gasteiger partial charge in [-0.1, -0.05) is 0 Å². The van der Waals surface area contributed by atoms with Gasteiger partial charge < -0.3 is 55.6 Å². The van der Waals surface area contributed by atoms with Gasteiger partial charge in [0.1, 0.15) is 60.3 Å². The SMILES string of the molecule is Nc1ncnc2c1ncn2[C@@H]1O[C@H](COP(=O)(O)O[C@@H]2[C@H](O)[C@@H](COP(=O)(O)O)O[C@H]2n2cnc3c(N)ncnc32)[C@@H](O)[C@H]1OP(=O)(O)O. The number of phosphoric acid groups is 3. The molecule has 2 aliphatic heterocycles. The van der Waals surface area contributed by atoms with Crippen molar-refractivity contribution >= 4 is 57.4 Å². The van der Waals surface area contributed by atoms with Crippen molar-refractivity contribution in [3.63, 3.8) is 0 Å². The molecule has 29 heteroatoms. The summed E-state index contributed by atoms with van der Waals surface area (Å²) in [5, 5.41) is 21.9. The average Bonchev–Trinajstić information content (AvgIpc) is 3.76. The number of aliphatic hydroxyl groups is 2. The summed E-state index contributed by atoms with van der Waals surface area (Å²) >= 11 is 0. The Balaban J connectivity index is 1.23. The van der Waals surface area contributed by atoms with Gasteiger partial charge in [-0.05, 0) is 0 Å². The zero-order chi connectivity index (χ0) is 35.5. The van der Waals surface area contributed by atoms with E-state index >= 15 is 0 Å². The number of anilines is 2. The molecule has 9 atom stereocenters. The Hall–Kier alpha value is -3.13. The molecule has 0 spiro atoms. The number of ether oxygens (including phenoxy) is 2. The highest BCUT2D eigenvalue weighted by Gasteiger charge is 2.52. The summed E-state index contributed by atoms with van der Waals surface area (Å²) < 4.78 is 69.5. The fourth-order valence-corrected chi connectivity index (χ4v) is 7.00. The maximum atomic E-state index is 13.2. The van der Waals surface area contributed by atoms with E-state index in [1.165, 1.54) is 0 Å². The van der Waals surface area contributed by atoms with Gasteiger partial charge in [0.25, 0.3) is 0 Å². The number of nitrogens with two attached hydrogens (primary N) is 2. The van der Waals surface area contributed by atoms with Gasteiger partial charge in [0, 0.05) is 0 Å². The van der Waals surface area contributed by atoms with E-state index in [4.69, 9.17) is 44.3 Å². The molecule has 6 rings (SSSR count). The fraction of sp³-hybridized carbons (Fsp3) is 0.500. The van der Waals surface area contributed by atoms with Crippen molar-refractivity contribution in [3.05, 3.63) is 25.3 Å². The van der Waals surface area contributed by atoms with Gasteiger partial charge in [0.05, 0.1) is 25.9 Å². The van der Waals surface area contributed by atoms with Gasteiger partial charge in [-0.3, -0.25) is 27.2 Å². The summed E-state index contributed by atoms with van der Waals surface area (Å²) in [6.07, 6.45) is -9.28. The Morgan fingerprint density at radius 2 is 1.12 bits per heavy atom. The number of hydrogen-bond acceptors (Lipinski definition) is 19. The van der Waals surface area contributed by atoms with Crippen LogP contribution in [0.5, 0.6) is 0 Å². The molecule has 0 saturated carbocycles. The molecule has 0 radical (unpaired) electrons. The first-order valence-electron chi connectivity index (χ1n) is 13.6. The molecule has 268 valence electrons. The molecule has 0 amide bonds. The third-order valence-corrected chi connectivity index (χ3v) is 9.26. The summed E-state index contributed by atoms with van der Waals surface area (Å²) in [5.74, 6) is -0.0918. The lowest BCUT2D eigenvalue weighted by molar-refractivity contribution is -0.0611. The summed E-state index contributed by atoms with van der Waals surface area (Å²) in [5.41, 5.74) is 11.8. The number of nitrogen functional groups attached to an aromatic ring is 2.